The van der Waals surface area contributed by atoms with Gasteiger partial charge in [0.25, 0.3) is 0 Å². The van der Waals surface area contributed by atoms with Gasteiger partial charge in [-0.15, -0.1) is 0 Å². The van der Waals surface area contributed by atoms with Gasteiger partial charge in [0.15, 0.2) is 5.84 Å². The van der Waals surface area contributed by atoms with Gasteiger partial charge in [0.05, 0.1) is 17.2 Å². The maximum Gasteiger partial charge on any atom is 0.173 e. The number of anilines is 1. The van der Waals surface area contributed by atoms with Crippen LogP contribution in [-0.2, 0) is 0 Å². The Morgan fingerprint density at radius 3 is 2.76 bits per heavy atom. The van der Waals surface area contributed by atoms with Crippen LogP contribution in [0, 0.1) is 0 Å². The van der Waals surface area contributed by atoms with Gasteiger partial charge in [-0.1, -0.05) is 22.8 Å². The Balaban J connectivity index is 3.29. The van der Waals surface area contributed by atoms with Gasteiger partial charge in [0.1, 0.15) is 0 Å². The molecule has 94 valence electrons. The van der Waals surface area contributed by atoms with Gasteiger partial charge in [0, 0.05) is 18.8 Å². The summed E-state index contributed by atoms with van der Waals surface area (Å²) in [5, 5.41) is 21.3. The molecule has 0 fully saturated rings. The minimum absolute atomic E-state index is 0.00136. The number of rotatable bonds is 4. The zero-order valence-corrected chi connectivity index (χ0v) is 10.5. The molecule has 6 heteroatoms. The van der Waals surface area contributed by atoms with E-state index < -0.39 is 0 Å². The number of aliphatic hydroxyl groups excluding tert-OH is 1. The second-order valence-corrected chi connectivity index (χ2v) is 4.17. The standard InChI is InChI=1S/C11H16ClN3O2/c1-7(6-16)15(2)9-5-3-4-8(12)10(9)11(13)14-17/h3-5,7,16-17H,6H2,1-2H3,(H2,13,14). The van der Waals surface area contributed by atoms with Crippen LogP contribution in [0.15, 0.2) is 23.4 Å². The first-order valence-corrected chi connectivity index (χ1v) is 5.50. The van der Waals surface area contributed by atoms with Crippen molar-refractivity contribution in [1.82, 2.24) is 0 Å². The normalized spacial score (nSPS) is 13.5. The van der Waals surface area contributed by atoms with E-state index in [0.717, 1.165) is 0 Å². The summed E-state index contributed by atoms with van der Waals surface area (Å²) in [4.78, 5) is 1.82. The Morgan fingerprint density at radius 2 is 2.24 bits per heavy atom. The molecule has 0 aliphatic carbocycles. The van der Waals surface area contributed by atoms with Crippen LogP contribution in [0.3, 0.4) is 0 Å². The molecule has 0 radical (unpaired) electrons. The fraction of sp³-hybridized carbons (Fsp3) is 0.364. The molecule has 0 aromatic heterocycles. The maximum absolute atomic E-state index is 9.14. The zero-order valence-electron chi connectivity index (χ0n) is 9.76. The highest BCUT2D eigenvalue weighted by molar-refractivity contribution is 6.34. The molecule has 4 N–H and O–H groups in total. The van der Waals surface area contributed by atoms with Crippen LogP contribution < -0.4 is 10.6 Å². The second-order valence-electron chi connectivity index (χ2n) is 3.76. The number of nitrogens with zero attached hydrogens (tertiary/aromatic N) is 2. The van der Waals surface area contributed by atoms with E-state index >= 15 is 0 Å². The van der Waals surface area contributed by atoms with Crippen molar-refractivity contribution in [3.63, 3.8) is 0 Å². The first-order chi connectivity index (χ1) is 8.02. The number of amidine groups is 1. The highest BCUT2D eigenvalue weighted by atomic mass is 35.5. The summed E-state index contributed by atoms with van der Waals surface area (Å²) in [5.41, 5.74) is 6.76. The van der Waals surface area contributed by atoms with E-state index in [1.807, 2.05) is 11.8 Å². The molecule has 0 saturated carbocycles. The number of aliphatic hydroxyl groups is 1. The van der Waals surface area contributed by atoms with Crippen LogP contribution in [0.1, 0.15) is 12.5 Å². The van der Waals surface area contributed by atoms with Crippen LogP contribution >= 0.6 is 11.6 Å². The summed E-state index contributed by atoms with van der Waals surface area (Å²) >= 11 is 6.03. The predicted octanol–water partition coefficient (Wildman–Crippen LogP) is 1.25. The first kappa shape index (κ1) is 13.6. The molecule has 0 amide bonds. The molecule has 0 spiro atoms. The largest absolute Gasteiger partial charge is 0.409 e. The number of halogens is 1. The molecule has 1 aromatic rings. The highest BCUT2D eigenvalue weighted by Crippen LogP contribution is 2.27. The lowest BCUT2D eigenvalue weighted by molar-refractivity contribution is 0.270. The summed E-state index contributed by atoms with van der Waals surface area (Å²) in [6, 6.07) is 5.13. The van der Waals surface area contributed by atoms with Crippen molar-refractivity contribution in [2.45, 2.75) is 13.0 Å². The molecule has 0 bridgehead atoms. The third kappa shape index (κ3) is 2.81. The van der Waals surface area contributed by atoms with Crippen molar-refractivity contribution in [2.75, 3.05) is 18.6 Å². The van der Waals surface area contributed by atoms with Crippen LogP contribution in [0.5, 0.6) is 0 Å². The van der Waals surface area contributed by atoms with E-state index in [1.54, 1.807) is 25.2 Å². The molecule has 17 heavy (non-hydrogen) atoms. The molecule has 1 unspecified atom stereocenters. The summed E-state index contributed by atoms with van der Waals surface area (Å²) in [6.07, 6.45) is 0. The number of nitrogens with two attached hydrogens (primary N) is 1. The molecular weight excluding hydrogens is 242 g/mol. The quantitative estimate of drug-likeness (QED) is 0.328. The smallest absolute Gasteiger partial charge is 0.173 e. The molecule has 0 heterocycles. The van der Waals surface area contributed by atoms with E-state index in [0.29, 0.717) is 16.3 Å². The summed E-state index contributed by atoms with van der Waals surface area (Å²) in [6.45, 7) is 1.86. The predicted molar refractivity (Wildman–Crippen MR) is 68.9 cm³/mol. The molecule has 1 aromatic carbocycles. The minimum atomic E-state index is -0.0984. The fourth-order valence-corrected chi connectivity index (χ4v) is 1.74. The fourth-order valence-electron chi connectivity index (χ4n) is 1.47. The summed E-state index contributed by atoms with van der Waals surface area (Å²) in [5.74, 6) is -0.0532. The Hall–Kier alpha value is -1.46. The van der Waals surface area contributed by atoms with Gasteiger partial charge in [-0.25, -0.2) is 0 Å². The Labute approximate surface area is 105 Å². The highest BCUT2D eigenvalue weighted by Gasteiger charge is 2.17. The molecule has 0 aliphatic heterocycles. The van der Waals surface area contributed by atoms with Gasteiger partial charge in [-0.3, -0.25) is 0 Å². The van der Waals surface area contributed by atoms with Crippen molar-refractivity contribution in [3.05, 3.63) is 28.8 Å². The molecule has 0 aliphatic rings. The van der Waals surface area contributed by atoms with Gasteiger partial charge in [-0.2, -0.15) is 0 Å². The molecular formula is C11H16ClN3O2. The first-order valence-electron chi connectivity index (χ1n) is 5.13. The molecule has 1 rings (SSSR count). The van der Waals surface area contributed by atoms with Crippen molar-refractivity contribution in [3.8, 4) is 0 Å². The van der Waals surface area contributed by atoms with Gasteiger partial charge in [-0.05, 0) is 19.1 Å². The minimum Gasteiger partial charge on any atom is -0.409 e. The molecule has 0 saturated heterocycles. The van der Waals surface area contributed by atoms with E-state index in [1.165, 1.54) is 0 Å². The topological polar surface area (TPSA) is 82.1 Å². The van der Waals surface area contributed by atoms with Gasteiger partial charge >= 0.3 is 0 Å². The Bertz CT molecular complexity index is 423. The number of hydrogen-bond donors (Lipinski definition) is 3. The lowest BCUT2D eigenvalue weighted by atomic mass is 10.1. The molecule has 5 nitrogen and oxygen atoms in total. The Morgan fingerprint density at radius 1 is 1.59 bits per heavy atom. The van der Waals surface area contributed by atoms with Crippen LogP contribution in [-0.4, -0.2) is 35.8 Å². The Kier molecular flexibility index (Phi) is 4.60. The van der Waals surface area contributed by atoms with Crippen molar-refractivity contribution >= 4 is 23.1 Å². The number of oxime groups is 1. The van der Waals surface area contributed by atoms with E-state index in [2.05, 4.69) is 5.16 Å². The second kappa shape index (κ2) is 5.75. The van der Waals surface area contributed by atoms with Gasteiger partial charge < -0.3 is 20.9 Å². The van der Waals surface area contributed by atoms with Crippen LogP contribution in [0.2, 0.25) is 5.02 Å². The van der Waals surface area contributed by atoms with Crippen LogP contribution in [0.25, 0.3) is 0 Å². The van der Waals surface area contributed by atoms with Crippen LogP contribution in [0.4, 0.5) is 5.69 Å². The average molecular weight is 258 g/mol. The number of hydrogen-bond acceptors (Lipinski definition) is 4. The van der Waals surface area contributed by atoms with E-state index in [4.69, 9.17) is 27.6 Å². The monoisotopic (exact) mass is 257 g/mol. The number of likely N-dealkylation sites (N-methyl/N-ethyl adjacent to an activating group) is 1. The number of benzene rings is 1. The lowest BCUT2D eigenvalue weighted by Gasteiger charge is -2.27. The van der Waals surface area contributed by atoms with E-state index in [9.17, 15) is 0 Å². The summed E-state index contributed by atoms with van der Waals surface area (Å²) < 4.78 is 0. The SMILES string of the molecule is CC(CO)N(C)c1cccc(Cl)c1/C(N)=N/O. The van der Waals surface area contributed by atoms with E-state index in [-0.39, 0.29) is 18.5 Å². The van der Waals surface area contributed by atoms with Crippen molar-refractivity contribution in [2.24, 2.45) is 10.9 Å². The average Bonchev–Trinajstić information content (AvgIpc) is 2.35. The van der Waals surface area contributed by atoms with Crippen molar-refractivity contribution < 1.29 is 10.3 Å². The maximum atomic E-state index is 9.14. The summed E-state index contributed by atoms with van der Waals surface area (Å²) in [7, 11) is 1.81. The third-order valence-electron chi connectivity index (χ3n) is 2.66. The van der Waals surface area contributed by atoms with Crippen molar-refractivity contribution in [1.29, 1.82) is 0 Å². The third-order valence-corrected chi connectivity index (χ3v) is 2.98. The lowest BCUT2D eigenvalue weighted by Crippen LogP contribution is -2.33. The zero-order chi connectivity index (χ0) is 13.0. The van der Waals surface area contributed by atoms with Gasteiger partial charge in [0.2, 0.25) is 0 Å². The molecule has 1 atom stereocenters.